The molecule has 0 saturated carbocycles. The molecule has 0 fully saturated rings. The van der Waals surface area contributed by atoms with E-state index in [1.54, 1.807) is 0 Å². The molecule has 0 aromatic carbocycles. The Bertz CT molecular complexity index is 2080. The second-order valence-corrected chi connectivity index (χ2v) is 11.7. The third kappa shape index (κ3) is 4.54. The van der Waals surface area contributed by atoms with E-state index < -0.39 is 17.9 Å². The van der Waals surface area contributed by atoms with Gasteiger partial charge >= 0.3 is 11.9 Å². The lowest BCUT2D eigenvalue weighted by Crippen LogP contribution is -2.21. The molecule has 6 rings (SSSR count). The van der Waals surface area contributed by atoms with Crippen LogP contribution in [0.4, 0.5) is 0 Å². The summed E-state index contributed by atoms with van der Waals surface area (Å²) in [7, 11) is 1.25. The maximum Gasteiger partial charge on any atom is 0.321 e. The molecule has 8 bridgehead atoms. The highest BCUT2D eigenvalue weighted by Gasteiger charge is 2.47. The normalized spacial score (nSPS) is 20.4. The zero-order chi connectivity index (χ0) is 32.5. The van der Waals surface area contributed by atoms with Gasteiger partial charge in [-0.1, -0.05) is 6.92 Å². The third-order valence-corrected chi connectivity index (χ3v) is 9.18. The first-order valence-corrected chi connectivity index (χ1v) is 14.9. The Kier molecular flexibility index (Phi) is 7.18. The largest absolute Gasteiger partial charge is 0.510 e. The summed E-state index contributed by atoms with van der Waals surface area (Å²) in [5.74, 6) is -3.11. The van der Waals surface area contributed by atoms with Gasteiger partial charge in [-0.05, 0) is 99.1 Å². The molecule has 1 aliphatic carbocycles. The van der Waals surface area contributed by atoms with Gasteiger partial charge in [-0.3, -0.25) is 14.4 Å². The summed E-state index contributed by atoms with van der Waals surface area (Å²) in [4.78, 5) is 56.1. The van der Waals surface area contributed by atoms with Crippen molar-refractivity contribution in [2.45, 2.75) is 60.8 Å². The van der Waals surface area contributed by atoms with E-state index in [2.05, 4.69) is 11.9 Å². The summed E-state index contributed by atoms with van der Waals surface area (Å²) in [6, 6.07) is 0. The number of fused-ring (bicyclic) bond motifs is 5. The predicted octanol–water partition coefficient (Wildman–Crippen LogP) is 4.40. The Morgan fingerprint density at radius 2 is 1.60 bits per heavy atom. The first-order chi connectivity index (χ1) is 21.4. The van der Waals surface area contributed by atoms with Gasteiger partial charge in [0.15, 0.2) is 5.78 Å². The van der Waals surface area contributed by atoms with Crippen LogP contribution in [0.3, 0.4) is 0 Å². The second kappa shape index (κ2) is 10.8. The Balaban J connectivity index is 1.76. The van der Waals surface area contributed by atoms with Crippen LogP contribution < -0.4 is 10.7 Å². The van der Waals surface area contributed by atoms with Gasteiger partial charge in [0.1, 0.15) is 11.7 Å². The average Bonchev–Trinajstić information content (AvgIpc) is 3.72. The zero-order valence-corrected chi connectivity index (χ0v) is 26.3. The number of carbonyl (C=O) groups is 3. The number of H-pyrrole nitrogens is 1. The first kappa shape index (κ1) is 29.9. The number of nitrogens with one attached hydrogen (secondary N) is 1. The zero-order valence-electron chi connectivity index (χ0n) is 26.3. The van der Waals surface area contributed by atoms with Gasteiger partial charge in [0.05, 0.1) is 46.7 Å². The predicted molar refractivity (Wildman–Crippen MR) is 172 cm³/mol. The maximum absolute atomic E-state index is 13.2. The van der Waals surface area contributed by atoms with E-state index in [1.807, 2.05) is 45.9 Å². The minimum Gasteiger partial charge on any atom is -0.510 e. The molecule has 1 aromatic rings. The van der Waals surface area contributed by atoms with Crippen LogP contribution in [0.1, 0.15) is 69.8 Å². The minimum atomic E-state index is -1.18. The second-order valence-electron chi connectivity index (χ2n) is 11.7. The number of aromatic nitrogens is 1. The summed E-state index contributed by atoms with van der Waals surface area (Å²) in [5, 5.41) is 22.4. The number of hydrogen-bond donors (Lipinski definition) is 3. The molecule has 10 heteroatoms. The molecule has 5 heterocycles. The number of ketones is 1. The van der Waals surface area contributed by atoms with Crippen molar-refractivity contribution in [3.05, 3.63) is 89.8 Å². The van der Waals surface area contributed by atoms with Crippen LogP contribution in [-0.2, 0) is 14.3 Å². The Morgan fingerprint density at radius 3 is 2.24 bits per heavy atom. The number of aliphatic imine (C=N–C) groups is 3. The van der Waals surface area contributed by atoms with E-state index >= 15 is 0 Å². The number of allylic oxidation sites excluding steroid dienone is 7. The number of carbonyl (C=O) groups excluding carboxylic acids is 2. The van der Waals surface area contributed by atoms with Crippen molar-refractivity contribution in [2.24, 2.45) is 20.9 Å². The summed E-state index contributed by atoms with van der Waals surface area (Å²) in [6.07, 6.45) is 6.30. The van der Waals surface area contributed by atoms with Crippen LogP contribution in [-0.4, -0.2) is 57.2 Å². The Hall–Kier alpha value is -5.12. The maximum atomic E-state index is 13.2. The van der Waals surface area contributed by atoms with Crippen molar-refractivity contribution in [3.63, 3.8) is 0 Å². The third-order valence-electron chi connectivity index (χ3n) is 9.18. The topological polar surface area (TPSA) is 154 Å². The summed E-state index contributed by atoms with van der Waals surface area (Å²) in [6.45, 7) is 11.1. The number of rotatable bonds is 6. The number of methoxy groups -OCH3 is 1. The number of aliphatic hydroxyl groups excluding tert-OH is 1. The fourth-order valence-corrected chi connectivity index (χ4v) is 6.82. The molecule has 3 N–H and O–H groups in total. The van der Waals surface area contributed by atoms with E-state index in [0.29, 0.717) is 67.8 Å². The number of aliphatic carboxylic acids is 1. The lowest BCUT2D eigenvalue weighted by atomic mass is 9.92. The number of aromatic amines is 1. The molecule has 0 spiro atoms. The highest BCUT2D eigenvalue weighted by atomic mass is 16.5. The van der Waals surface area contributed by atoms with Gasteiger partial charge in [0.2, 0.25) is 0 Å². The summed E-state index contributed by atoms with van der Waals surface area (Å²) >= 11 is 0. The molecule has 230 valence electrons. The van der Waals surface area contributed by atoms with Crippen molar-refractivity contribution in [2.75, 3.05) is 7.11 Å². The number of Topliss-reactive ketones (excluding diaryl/α,β-unsaturated/α-hetero) is 1. The number of hydrogen-bond acceptors (Lipinski definition) is 8. The summed E-state index contributed by atoms with van der Waals surface area (Å²) in [5.41, 5.74) is 9.54. The fourth-order valence-electron chi connectivity index (χ4n) is 6.82. The minimum absolute atomic E-state index is 0.0981. The SMILES string of the molecule is CCC1=C(C)C2=NC1=CC1=C(C)C3=C(O)[C@H](C(=O)OC)C(=C4N=C(C=c5[nH]c(c(C(C)=O)c5C)=C2)C(C)=C4CCC(=O)O)C3=N1. The van der Waals surface area contributed by atoms with Gasteiger partial charge < -0.3 is 19.9 Å². The molecule has 10 nitrogen and oxygen atoms in total. The van der Waals surface area contributed by atoms with Gasteiger partial charge in [0.25, 0.3) is 0 Å². The van der Waals surface area contributed by atoms with Crippen molar-refractivity contribution in [1.82, 2.24) is 4.98 Å². The van der Waals surface area contributed by atoms with Crippen LogP contribution in [0.15, 0.2) is 82.9 Å². The van der Waals surface area contributed by atoms with Crippen LogP contribution in [0.2, 0.25) is 0 Å². The molecular weight excluding hydrogens is 572 g/mol. The van der Waals surface area contributed by atoms with Crippen LogP contribution in [0, 0.1) is 12.8 Å². The number of nitrogens with zero attached hydrogens (tertiary/aromatic N) is 3. The number of ether oxygens (including phenoxy) is 1. The van der Waals surface area contributed by atoms with Crippen LogP contribution in [0.25, 0.3) is 12.2 Å². The van der Waals surface area contributed by atoms with Crippen molar-refractivity contribution in [1.29, 1.82) is 0 Å². The fraction of sp³-hybridized carbons (Fsp3) is 0.314. The number of carboxylic acids is 1. The van der Waals surface area contributed by atoms with Crippen molar-refractivity contribution in [3.8, 4) is 0 Å². The molecular formula is C35H34N4O6. The highest BCUT2D eigenvalue weighted by Crippen LogP contribution is 2.47. The highest BCUT2D eigenvalue weighted by molar-refractivity contribution is 6.28. The molecule has 45 heavy (non-hydrogen) atoms. The van der Waals surface area contributed by atoms with Gasteiger partial charge in [-0.2, -0.15) is 0 Å². The van der Waals surface area contributed by atoms with E-state index in [-0.39, 0.29) is 24.4 Å². The van der Waals surface area contributed by atoms with Crippen molar-refractivity contribution < 1.29 is 29.3 Å². The quantitative estimate of drug-likeness (QED) is 0.322. The van der Waals surface area contributed by atoms with Gasteiger partial charge in [-0.15, -0.1) is 0 Å². The van der Waals surface area contributed by atoms with Gasteiger partial charge in [0, 0.05) is 28.5 Å². The molecule has 0 amide bonds. The molecule has 0 saturated heterocycles. The first-order valence-electron chi connectivity index (χ1n) is 14.9. The smallest absolute Gasteiger partial charge is 0.321 e. The molecule has 1 atom stereocenters. The van der Waals surface area contributed by atoms with E-state index in [0.717, 1.165) is 33.7 Å². The van der Waals surface area contributed by atoms with E-state index in [1.165, 1.54) is 14.0 Å². The molecule has 0 radical (unpaired) electrons. The van der Waals surface area contributed by atoms with Crippen LogP contribution in [0.5, 0.6) is 0 Å². The van der Waals surface area contributed by atoms with Gasteiger partial charge in [-0.25, -0.2) is 15.0 Å². The monoisotopic (exact) mass is 606 g/mol. The molecule has 0 unspecified atom stereocenters. The molecule has 1 aromatic heterocycles. The number of esters is 1. The molecule has 4 aliphatic heterocycles. The van der Waals surface area contributed by atoms with Crippen molar-refractivity contribution >= 4 is 47.0 Å². The van der Waals surface area contributed by atoms with E-state index in [9.17, 15) is 24.6 Å². The average molecular weight is 607 g/mol. The van der Waals surface area contributed by atoms with Crippen LogP contribution >= 0.6 is 0 Å². The number of aliphatic hydroxyl groups is 1. The molecule has 5 aliphatic rings. The Labute approximate surface area is 259 Å². The van der Waals surface area contributed by atoms with E-state index in [4.69, 9.17) is 19.7 Å². The standard InChI is InChI=1S/C35H34N4O6/c1-8-19-14(2)21-13-26-28(18(6)40)16(4)23(37-26)11-22-15(3)20(9-10-27(41)42)32(38-22)30-31(35(44)45-7)34(43)29-17(5)24(39-33(29)30)12-25(19)36-21/h11-13,31,37,43H,8-10H2,1-7H3,(H,41,42)/t31-/m1/s1. The lowest BCUT2D eigenvalue weighted by molar-refractivity contribution is -0.143. The Morgan fingerprint density at radius 1 is 0.933 bits per heavy atom. The summed E-state index contributed by atoms with van der Waals surface area (Å²) < 4.78 is 5.13. The number of carboxylic acid groups (broad SMARTS) is 1. The lowest BCUT2D eigenvalue weighted by Gasteiger charge is -2.15.